The molecule has 1 spiro atoms. The summed E-state index contributed by atoms with van der Waals surface area (Å²) >= 11 is 0. The molecule has 1 saturated carbocycles. The summed E-state index contributed by atoms with van der Waals surface area (Å²) in [4.78, 5) is 2.61. The van der Waals surface area contributed by atoms with E-state index in [2.05, 4.69) is 18.9 Å². The zero-order chi connectivity index (χ0) is 11.4. The molecule has 16 heavy (non-hydrogen) atoms. The SMILES string of the molecule is [B]C1(C)CCCC2C(C1)CC1(COC1)N2C. The monoisotopic (exact) mass is 219 g/mol. The highest BCUT2D eigenvalue weighted by molar-refractivity contribution is 6.14. The van der Waals surface area contributed by atoms with E-state index in [9.17, 15) is 0 Å². The van der Waals surface area contributed by atoms with Crippen molar-refractivity contribution in [3.63, 3.8) is 0 Å². The lowest BCUT2D eigenvalue weighted by Gasteiger charge is -2.45. The second kappa shape index (κ2) is 3.49. The molecular formula is C13H22BNO. The van der Waals surface area contributed by atoms with Gasteiger partial charge in [0.1, 0.15) is 0 Å². The van der Waals surface area contributed by atoms with Gasteiger partial charge in [-0.1, -0.05) is 31.5 Å². The second-order valence-electron chi connectivity index (χ2n) is 6.61. The average molecular weight is 219 g/mol. The van der Waals surface area contributed by atoms with E-state index >= 15 is 0 Å². The van der Waals surface area contributed by atoms with Crippen LogP contribution in [0.5, 0.6) is 0 Å². The standard InChI is InChI=1S/C13H22BNO/c1-12(14)5-3-4-11-10(6-12)7-13(15(11)2)8-16-9-13/h10-11H,3-9H2,1-2H3. The van der Waals surface area contributed by atoms with Crippen molar-refractivity contribution >= 4 is 7.85 Å². The molecule has 2 nitrogen and oxygen atoms in total. The predicted octanol–water partition coefficient (Wildman–Crippen LogP) is 2.00. The zero-order valence-electron chi connectivity index (χ0n) is 10.5. The van der Waals surface area contributed by atoms with Crippen LogP contribution in [0.1, 0.15) is 39.0 Å². The Kier molecular flexibility index (Phi) is 2.42. The Bertz CT molecular complexity index is 288. The zero-order valence-corrected chi connectivity index (χ0v) is 10.5. The third-order valence-corrected chi connectivity index (χ3v) is 5.15. The van der Waals surface area contributed by atoms with Crippen LogP contribution in [0.4, 0.5) is 0 Å². The summed E-state index contributed by atoms with van der Waals surface area (Å²) in [6.07, 6.45) is 6.31. The van der Waals surface area contributed by atoms with E-state index in [0.717, 1.165) is 25.2 Å². The molecule has 3 fully saturated rings. The van der Waals surface area contributed by atoms with Crippen LogP contribution in [-0.2, 0) is 4.74 Å². The number of likely N-dealkylation sites (tertiary alicyclic amines) is 1. The highest BCUT2D eigenvalue weighted by Crippen LogP contribution is 2.51. The van der Waals surface area contributed by atoms with E-state index in [4.69, 9.17) is 12.6 Å². The molecular weight excluding hydrogens is 197 g/mol. The van der Waals surface area contributed by atoms with Crippen molar-refractivity contribution in [1.82, 2.24) is 4.90 Å². The Morgan fingerprint density at radius 3 is 2.69 bits per heavy atom. The molecule has 88 valence electrons. The molecule has 0 bridgehead atoms. The van der Waals surface area contributed by atoms with Gasteiger partial charge in [0.05, 0.1) is 26.6 Å². The molecule has 3 heteroatoms. The summed E-state index contributed by atoms with van der Waals surface area (Å²) in [6, 6.07) is 0.759. The first kappa shape index (κ1) is 11.1. The van der Waals surface area contributed by atoms with Crippen LogP contribution in [0.2, 0.25) is 5.31 Å². The van der Waals surface area contributed by atoms with Crippen molar-refractivity contribution in [2.75, 3.05) is 20.3 Å². The Balaban J connectivity index is 1.80. The summed E-state index contributed by atoms with van der Waals surface area (Å²) in [5.74, 6) is 0.798. The molecule has 0 aromatic carbocycles. The quantitative estimate of drug-likeness (QED) is 0.578. The smallest absolute Gasteiger partial charge is 0.0742 e. The maximum Gasteiger partial charge on any atom is 0.0742 e. The van der Waals surface area contributed by atoms with Gasteiger partial charge < -0.3 is 4.74 Å². The summed E-state index contributed by atoms with van der Waals surface area (Å²) in [5, 5.41) is 0.0659. The van der Waals surface area contributed by atoms with Crippen molar-refractivity contribution in [2.45, 2.75) is 55.9 Å². The molecule has 1 aliphatic carbocycles. The maximum atomic E-state index is 6.38. The molecule has 0 aromatic rings. The lowest BCUT2D eigenvalue weighted by atomic mass is 9.63. The number of hydrogen-bond donors (Lipinski definition) is 0. The number of rotatable bonds is 0. The fourth-order valence-corrected chi connectivity index (χ4v) is 4.15. The molecule has 2 radical (unpaired) electrons. The minimum Gasteiger partial charge on any atom is -0.377 e. The Hall–Kier alpha value is -0.0151. The van der Waals surface area contributed by atoms with Gasteiger partial charge in [0.25, 0.3) is 0 Å². The van der Waals surface area contributed by atoms with Gasteiger partial charge in [0.15, 0.2) is 0 Å². The van der Waals surface area contributed by atoms with Gasteiger partial charge in [-0.2, -0.15) is 0 Å². The van der Waals surface area contributed by atoms with E-state index in [-0.39, 0.29) is 5.31 Å². The van der Waals surface area contributed by atoms with Crippen molar-refractivity contribution in [2.24, 2.45) is 5.92 Å². The molecule has 3 rings (SSSR count). The minimum absolute atomic E-state index is 0.0659. The number of likely N-dealkylation sites (N-methyl/N-ethyl adjacent to an activating group) is 1. The fourth-order valence-electron chi connectivity index (χ4n) is 4.15. The summed E-state index contributed by atoms with van der Waals surface area (Å²) in [5.41, 5.74) is 0.378. The third kappa shape index (κ3) is 1.55. The van der Waals surface area contributed by atoms with Crippen LogP contribution in [-0.4, -0.2) is 44.6 Å². The first-order chi connectivity index (χ1) is 7.53. The van der Waals surface area contributed by atoms with Crippen molar-refractivity contribution in [3.05, 3.63) is 0 Å². The van der Waals surface area contributed by atoms with Gasteiger partial charge in [0, 0.05) is 6.04 Å². The molecule has 0 amide bonds. The maximum absolute atomic E-state index is 6.38. The van der Waals surface area contributed by atoms with Gasteiger partial charge >= 0.3 is 0 Å². The topological polar surface area (TPSA) is 12.5 Å². The largest absolute Gasteiger partial charge is 0.377 e. The second-order valence-corrected chi connectivity index (χ2v) is 6.61. The average Bonchev–Trinajstić information content (AvgIpc) is 2.33. The van der Waals surface area contributed by atoms with Gasteiger partial charge in [0.2, 0.25) is 0 Å². The first-order valence-corrected chi connectivity index (χ1v) is 6.62. The predicted molar refractivity (Wildman–Crippen MR) is 65.8 cm³/mol. The summed E-state index contributed by atoms with van der Waals surface area (Å²) in [7, 11) is 8.68. The highest BCUT2D eigenvalue weighted by atomic mass is 16.5. The van der Waals surface area contributed by atoms with Crippen LogP contribution in [0, 0.1) is 5.92 Å². The van der Waals surface area contributed by atoms with Crippen LogP contribution in [0.3, 0.4) is 0 Å². The number of hydrogen-bond acceptors (Lipinski definition) is 2. The molecule has 2 saturated heterocycles. The lowest BCUT2D eigenvalue weighted by molar-refractivity contribution is -0.122. The Morgan fingerprint density at radius 1 is 1.31 bits per heavy atom. The lowest BCUT2D eigenvalue weighted by Crippen LogP contribution is -2.58. The van der Waals surface area contributed by atoms with E-state index in [0.29, 0.717) is 5.54 Å². The van der Waals surface area contributed by atoms with E-state index in [1.54, 1.807) is 0 Å². The number of fused-ring (bicyclic) bond motifs is 1. The fraction of sp³-hybridized carbons (Fsp3) is 1.00. The summed E-state index contributed by atoms with van der Waals surface area (Å²) in [6.45, 7) is 4.12. The molecule has 3 unspecified atom stereocenters. The van der Waals surface area contributed by atoms with Crippen molar-refractivity contribution in [3.8, 4) is 0 Å². The molecule has 3 aliphatic rings. The molecule has 3 atom stereocenters. The molecule has 2 aliphatic heterocycles. The van der Waals surface area contributed by atoms with Crippen LogP contribution >= 0.6 is 0 Å². The van der Waals surface area contributed by atoms with Crippen LogP contribution in [0.25, 0.3) is 0 Å². The van der Waals surface area contributed by atoms with E-state index in [1.807, 2.05) is 0 Å². The molecule has 0 aromatic heterocycles. The molecule has 0 N–H and O–H groups in total. The minimum atomic E-state index is 0.0659. The van der Waals surface area contributed by atoms with Gasteiger partial charge in [-0.3, -0.25) is 4.90 Å². The number of nitrogens with zero attached hydrogens (tertiary/aromatic N) is 1. The van der Waals surface area contributed by atoms with Crippen molar-refractivity contribution < 1.29 is 4.74 Å². The Labute approximate surface area is 100 Å². The van der Waals surface area contributed by atoms with Gasteiger partial charge in [-0.15, -0.1) is 0 Å². The van der Waals surface area contributed by atoms with Crippen LogP contribution < -0.4 is 0 Å². The van der Waals surface area contributed by atoms with Crippen LogP contribution in [0.15, 0.2) is 0 Å². The van der Waals surface area contributed by atoms with E-state index in [1.165, 1.54) is 32.1 Å². The Morgan fingerprint density at radius 2 is 2.06 bits per heavy atom. The van der Waals surface area contributed by atoms with Gasteiger partial charge in [-0.05, 0) is 25.8 Å². The van der Waals surface area contributed by atoms with E-state index < -0.39 is 0 Å². The molecule has 2 heterocycles. The summed E-state index contributed by atoms with van der Waals surface area (Å²) < 4.78 is 5.45. The third-order valence-electron chi connectivity index (χ3n) is 5.15. The first-order valence-electron chi connectivity index (χ1n) is 6.62. The normalized spacial score (nSPS) is 47.4. The van der Waals surface area contributed by atoms with Gasteiger partial charge in [-0.25, -0.2) is 0 Å². The van der Waals surface area contributed by atoms with Crippen molar-refractivity contribution in [1.29, 1.82) is 0 Å². The number of ether oxygens (including phenoxy) is 1. The highest BCUT2D eigenvalue weighted by Gasteiger charge is 2.54.